The molecule has 0 saturated heterocycles. The smallest absolute Gasteiger partial charge is 0.221 e. The van der Waals surface area contributed by atoms with Crippen molar-refractivity contribution in [3.8, 4) is 0 Å². The third-order valence-corrected chi connectivity index (χ3v) is 2.34. The predicted octanol–water partition coefficient (Wildman–Crippen LogP) is -0.961. The molecule has 0 aromatic heterocycles. The minimum atomic E-state index is -0.307. The Morgan fingerprint density at radius 3 is 2.35 bits per heavy atom. The van der Waals surface area contributed by atoms with Gasteiger partial charge in [-0.3, -0.25) is 9.59 Å². The van der Waals surface area contributed by atoms with Crippen molar-refractivity contribution >= 4 is 11.8 Å². The molecule has 0 aliphatic carbocycles. The van der Waals surface area contributed by atoms with Crippen LogP contribution in [0.3, 0.4) is 0 Å². The van der Waals surface area contributed by atoms with E-state index in [9.17, 15) is 9.59 Å². The van der Waals surface area contributed by atoms with Gasteiger partial charge in [-0.2, -0.15) is 0 Å². The minimum absolute atomic E-state index is 0.00405. The summed E-state index contributed by atoms with van der Waals surface area (Å²) >= 11 is 0. The maximum Gasteiger partial charge on any atom is 0.221 e. The van der Waals surface area contributed by atoms with Crippen LogP contribution < -0.4 is 16.8 Å². The van der Waals surface area contributed by atoms with E-state index in [1.807, 2.05) is 0 Å². The zero-order valence-corrected chi connectivity index (χ0v) is 10.6. The Labute approximate surface area is 103 Å². The first-order chi connectivity index (χ1) is 8.10. The molecule has 0 aromatic rings. The van der Waals surface area contributed by atoms with Crippen molar-refractivity contribution in [1.29, 1.82) is 0 Å². The van der Waals surface area contributed by atoms with Gasteiger partial charge in [-0.25, -0.2) is 0 Å². The Morgan fingerprint density at radius 1 is 1.18 bits per heavy atom. The molecule has 0 fully saturated rings. The molecule has 2 amide bonds. The van der Waals surface area contributed by atoms with Gasteiger partial charge in [-0.15, -0.1) is 0 Å². The van der Waals surface area contributed by atoms with Crippen molar-refractivity contribution in [3.05, 3.63) is 0 Å². The van der Waals surface area contributed by atoms with Gasteiger partial charge in [0.05, 0.1) is 0 Å². The lowest BCUT2D eigenvalue weighted by atomic mass is 10.3. The molecule has 6 heteroatoms. The van der Waals surface area contributed by atoms with Crippen LogP contribution in [0, 0.1) is 0 Å². The summed E-state index contributed by atoms with van der Waals surface area (Å²) in [5.74, 6) is -0.311. The number of nitrogens with one attached hydrogen (secondary N) is 1. The van der Waals surface area contributed by atoms with Gasteiger partial charge < -0.3 is 21.7 Å². The van der Waals surface area contributed by atoms with E-state index in [1.54, 1.807) is 0 Å². The van der Waals surface area contributed by atoms with E-state index in [0.717, 1.165) is 13.0 Å². The molecule has 0 heterocycles. The van der Waals surface area contributed by atoms with Crippen LogP contribution in [0.4, 0.5) is 0 Å². The van der Waals surface area contributed by atoms with Crippen LogP contribution in [-0.2, 0) is 9.59 Å². The summed E-state index contributed by atoms with van der Waals surface area (Å²) in [6, 6.07) is 0. The summed E-state index contributed by atoms with van der Waals surface area (Å²) in [5.41, 5.74) is 10.4. The largest absolute Gasteiger partial charge is 0.370 e. The number of rotatable bonds is 10. The maximum atomic E-state index is 11.4. The van der Waals surface area contributed by atoms with Gasteiger partial charge in [0.15, 0.2) is 0 Å². The molecule has 0 spiro atoms. The first-order valence-corrected chi connectivity index (χ1v) is 6.07. The van der Waals surface area contributed by atoms with E-state index in [1.165, 1.54) is 0 Å². The van der Waals surface area contributed by atoms with Crippen LogP contribution in [0.2, 0.25) is 0 Å². The summed E-state index contributed by atoms with van der Waals surface area (Å²) in [6.45, 7) is 5.16. The Hall–Kier alpha value is -1.14. The second-order valence-corrected chi connectivity index (χ2v) is 3.95. The Morgan fingerprint density at radius 2 is 1.82 bits per heavy atom. The average Bonchev–Trinajstić information content (AvgIpc) is 2.29. The average molecular weight is 244 g/mol. The van der Waals surface area contributed by atoms with Crippen molar-refractivity contribution < 1.29 is 9.59 Å². The molecule has 0 aromatic carbocycles. The quantitative estimate of drug-likeness (QED) is 0.460. The number of nitrogens with two attached hydrogens (primary N) is 2. The molecule has 6 nitrogen and oxygen atoms in total. The fourth-order valence-corrected chi connectivity index (χ4v) is 1.48. The number of carbonyl (C=O) groups is 2. The van der Waals surface area contributed by atoms with Gasteiger partial charge in [0.1, 0.15) is 0 Å². The molecule has 17 heavy (non-hydrogen) atoms. The van der Waals surface area contributed by atoms with E-state index < -0.39 is 0 Å². The number of hydrogen-bond acceptors (Lipinski definition) is 4. The molecule has 0 radical (unpaired) electrons. The summed E-state index contributed by atoms with van der Waals surface area (Å²) in [5, 5.41) is 2.71. The Bertz CT molecular complexity index is 234. The van der Waals surface area contributed by atoms with Crippen molar-refractivity contribution in [2.24, 2.45) is 11.5 Å². The lowest BCUT2D eigenvalue weighted by molar-refractivity contribution is -0.121. The van der Waals surface area contributed by atoms with Crippen LogP contribution in [0.25, 0.3) is 0 Å². The summed E-state index contributed by atoms with van der Waals surface area (Å²) in [4.78, 5) is 24.1. The van der Waals surface area contributed by atoms with Crippen LogP contribution in [0.5, 0.6) is 0 Å². The third-order valence-electron chi connectivity index (χ3n) is 2.34. The van der Waals surface area contributed by atoms with Gasteiger partial charge in [0, 0.05) is 39.0 Å². The molecule has 0 aliphatic heterocycles. The molecular weight excluding hydrogens is 220 g/mol. The summed E-state index contributed by atoms with van der Waals surface area (Å²) in [7, 11) is 0. The monoisotopic (exact) mass is 244 g/mol. The van der Waals surface area contributed by atoms with Crippen molar-refractivity contribution in [3.63, 3.8) is 0 Å². The second-order valence-electron chi connectivity index (χ2n) is 3.95. The third kappa shape index (κ3) is 9.77. The van der Waals surface area contributed by atoms with Crippen LogP contribution in [0.1, 0.15) is 26.2 Å². The predicted molar refractivity (Wildman–Crippen MR) is 67.2 cm³/mol. The second kappa shape index (κ2) is 10.0. The number of primary amides is 1. The Balaban J connectivity index is 3.82. The molecule has 0 atom stereocenters. The van der Waals surface area contributed by atoms with Crippen LogP contribution in [0.15, 0.2) is 0 Å². The van der Waals surface area contributed by atoms with Gasteiger partial charge in [0.25, 0.3) is 0 Å². The lowest BCUT2D eigenvalue weighted by Gasteiger charge is -2.20. The van der Waals surface area contributed by atoms with Crippen molar-refractivity contribution in [1.82, 2.24) is 10.2 Å². The normalized spacial score (nSPS) is 10.5. The fraction of sp³-hybridized carbons (Fsp3) is 0.818. The zero-order valence-electron chi connectivity index (χ0n) is 10.6. The molecule has 0 unspecified atom stereocenters. The molecule has 0 rings (SSSR count). The van der Waals surface area contributed by atoms with Gasteiger partial charge >= 0.3 is 0 Å². The van der Waals surface area contributed by atoms with Gasteiger partial charge in [-0.05, 0) is 13.0 Å². The zero-order chi connectivity index (χ0) is 13.1. The maximum absolute atomic E-state index is 11.4. The lowest BCUT2D eigenvalue weighted by Crippen LogP contribution is -2.35. The van der Waals surface area contributed by atoms with Crippen molar-refractivity contribution in [2.45, 2.75) is 26.2 Å². The van der Waals surface area contributed by atoms with Crippen molar-refractivity contribution in [2.75, 3.05) is 32.7 Å². The van der Waals surface area contributed by atoms with E-state index in [2.05, 4.69) is 17.1 Å². The molecule has 5 N–H and O–H groups in total. The number of nitrogens with zero attached hydrogens (tertiary/aromatic N) is 1. The number of hydrogen-bond donors (Lipinski definition) is 3. The highest BCUT2D eigenvalue weighted by molar-refractivity contribution is 5.76. The summed E-state index contributed by atoms with van der Waals surface area (Å²) < 4.78 is 0. The number of amides is 2. The van der Waals surface area contributed by atoms with E-state index >= 15 is 0 Å². The van der Waals surface area contributed by atoms with E-state index in [0.29, 0.717) is 39.0 Å². The summed E-state index contributed by atoms with van der Waals surface area (Å²) in [6.07, 6.45) is 1.76. The standard InChI is InChI=1S/C11H24N4O2/c1-2-7-15(8-3-10(13)16)9-4-11(17)14-6-5-12/h2-9,12H2,1H3,(H2,13,16)(H,14,17). The fourth-order valence-electron chi connectivity index (χ4n) is 1.48. The molecule has 0 saturated carbocycles. The van der Waals surface area contributed by atoms with E-state index in [4.69, 9.17) is 11.5 Å². The minimum Gasteiger partial charge on any atom is -0.370 e. The topological polar surface area (TPSA) is 101 Å². The van der Waals surface area contributed by atoms with Gasteiger partial charge in [0.2, 0.25) is 11.8 Å². The molecule has 100 valence electrons. The Kier molecular flexibility index (Phi) is 9.37. The van der Waals surface area contributed by atoms with E-state index in [-0.39, 0.29) is 11.8 Å². The SMILES string of the molecule is CCCN(CCC(N)=O)CCC(=O)NCCN. The number of carbonyl (C=O) groups excluding carboxylic acids is 2. The van der Waals surface area contributed by atoms with Crippen LogP contribution >= 0.6 is 0 Å². The highest BCUT2D eigenvalue weighted by Crippen LogP contribution is 1.96. The first kappa shape index (κ1) is 15.9. The molecule has 0 bridgehead atoms. The molecular formula is C11H24N4O2. The van der Waals surface area contributed by atoms with Gasteiger partial charge in [-0.1, -0.05) is 6.92 Å². The highest BCUT2D eigenvalue weighted by Gasteiger charge is 2.08. The first-order valence-electron chi connectivity index (χ1n) is 6.07. The van der Waals surface area contributed by atoms with Crippen LogP contribution in [-0.4, -0.2) is 49.4 Å². The highest BCUT2D eigenvalue weighted by atomic mass is 16.1. The molecule has 0 aliphatic rings.